The lowest BCUT2D eigenvalue weighted by Gasteiger charge is -2.38. The normalized spacial score (nSPS) is 29.5. The van der Waals surface area contributed by atoms with E-state index >= 15 is 0 Å². The molecule has 2 saturated heterocycles. The molecule has 0 saturated carbocycles. The minimum Gasteiger partial charge on any atom is -0.375 e. The van der Waals surface area contributed by atoms with Gasteiger partial charge in [0, 0.05) is 32.7 Å². The van der Waals surface area contributed by atoms with Gasteiger partial charge < -0.3 is 15.0 Å². The molecule has 2 rings (SSSR count). The van der Waals surface area contributed by atoms with Crippen LogP contribution >= 0.6 is 0 Å². The van der Waals surface area contributed by atoms with Crippen molar-refractivity contribution in [2.45, 2.75) is 25.2 Å². The summed E-state index contributed by atoms with van der Waals surface area (Å²) >= 11 is 0. The van der Waals surface area contributed by atoms with Crippen LogP contribution in [-0.4, -0.2) is 79.9 Å². The highest BCUT2D eigenvalue weighted by Crippen LogP contribution is 2.18. The van der Waals surface area contributed by atoms with Crippen LogP contribution in [0.4, 0.5) is 13.2 Å². The fraction of sp³-hybridized carbons (Fsp3) is 0.917. The number of nitrogens with one attached hydrogen (secondary N) is 1. The monoisotopic (exact) mass is 295 g/mol. The van der Waals surface area contributed by atoms with E-state index in [2.05, 4.69) is 5.32 Å². The van der Waals surface area contributed by atoms with Crippen LogP contribution in [-0.2, 0) is 9.53 Å². The van der Waals surface area contributed by atoms with Gasteiger partial charge in [0.25, 0.3) is 0 Å². The first-order valence-electron chi connectivity index (χ1n) is 6.80. The molecule has 0 aromatic carbocycles. The van der Waals surface area contributed by atoms with Crippen LogP contribution in [0.2, 0.25) is 0 Å². The summed E-state index contributed by atoms with van der Waals surface area (Å²) in [5.41, 5.74) is 0. The van der Waals surface area contributed by atoms with Crippen LogP contribution in [0.15, 0.2) is 0 Å². The number of hydrogen-bond donors (Lipinski definition) is 1. The molecule has 1 amide bonds. The van der Waals surface area contributed by atoms with Gasteiger partial charge in [-0.2, -0.15) is 13.2 Å². The Hall–Kier alpha value is -0.860. The molecule has 116 valence electrons. The van der Waals surface area contributed by atoms with E-state index in [4.69, 9.17) is 4.74 Å². The fourth-order valence-corrected chi connectivity index (χ4v) is 2.59. The van der Waals surface area contributed by atoms with Gasteiger partial charge >= 0.3 is 6.18 Å². The first-order chi connectivity index (χ1) is 9.37. The van der Waals surface area contributed by atoms with E-state index in [1.807, 2.05) is 6.92 Å². The molecule has 2 atom stereocenters. The topological polar surface area (TPSA) is 44.8 Å². The number of alkyl halides is 3. The molecular weight excluding hydrogens is 275 g/mol. The Balaban J connectivity index is 1.82. The van der Waals surface area contributed by atoms with Crippen molar-refractivity contribution < 1.29 is 22.7 Å². The van der Waals surface area contributed by atoms with Crippen molar-refractivity contribution in [2.24, 2.45) is 0 Å². The number of rotatable bonds is 2. The molecule has 0 aromatic rings. The maximum atomic E-state index is 12.3. The van der Waals surface area contributed by atoms with Crippen molar-refractivity contribution in [3.8, 4) is 0 Å². The minimum absolute atomic E-state index is 0.0798. The molecule has 2 heterocycles. The van der Waals surface area contributed by atoms with Gasteiger partial charge in [-0.15, -0.1) is 0 Å². The third-order valence-corrected chi connectivity index (χ3v) is 3.67. The van der Waals surface area contributed by atoms with Crippen LogP contribution in [0, 0.1) is 0 Å². The Labute approximate surface area is 116 Å². The van der Waals surface area contributed by atoms with Gasteiger partial charge in [-0.25, -0.2) is 0 Å². The standard InChI is InChI=1S/C12H20F3N3O2/c1-9-10(16-2-7-20-9)11(19)18-5-3-17(4-6-18)8-12(13,14)15/h9-10,16H,2-8H2,1H3/t9-,10+/m1/s1. The number of piperazine rings is 1. The number of nitrogens with zero attached hydrogens (tertiary/aromatic N) is 2. The summed E-state index contributed by atoms with van der Waals surface area (Å²) in [6, 6.07) is -0.391. The highest BCUT2D eigenvalue weighted by molar-refractivity contribution is 5.82. The maximum absolute atomic E-state index is 12.3. The molecule has 2 aliphatic rings. The van der Waals surface area contributed by atoms with Crippen molar-refractivity contribution in [3.63, 3.8) is 0 Å². The van der Waals surface area contributed by atoms with E-state index in [0.29, 0.717) is 26.2 Å². The predicted molar refractivity (Wildman–Crippen MR) is 66.3 cm³/mol. The third kappa shape index (κ3) is 4.07. The molecule has 0 aliphatic carbocycles. The summed E-state index contributed by atoms with van der Waals surface area (Å²) in [6.45, 7) is 3.30. The number of carbonyl (C=O) groups is 1. The van der Waals surface area contributed by atoms with Crippen LogP contribution < -0.4 is 5.32 Å². The average Bonchev–Trinajstić information content (AvgIpc) is 2.37. The van der Waals surface area contributed by atoms with Crippen LogP contribution in [0.3, 0.4) is 0 Å². The lowest BCUT2D eigenvalue weighted by Crippen LogP contribution is -2.60. The molecule has 20 heavy (non-hydrogen) atoms. The Morgan fingerprint density at radius 2 is 1.95 bits per heavy atom. The minimum atomic E-state index is -4.18. The summed E-state index contributed by atoms with van der Waals surface area (Å²) in [7, 11) is 0. The zero-order valence-electron chi connectivity index (χ0n) is 11.4. The molecule has 2 aliphatic heterocycles. The highest BCUT2D eigenvalue weighted by atomic mass is 19.4. The molecule has 2 fully saturated rings. The summed E-state index contributed by atoms with van der Waals surface area (Å²) in [5, 5.41) is 3.11. The Morgan fingerprint density at radius 1 is 1.30 bits per heavy atom. The molecule has 8 heteroatoms. The second-order valence-electron chi connectivity index (χ2n) is 5.22. The molecular formula is C12H20F3N3O2. The predicted octanol–water partition coefficient (Wildman–Crippen LogP) is 0.0698. The molecule has 0 aromatic heterocycles. The SMILES string of the molecule is C[C@H]1OCCN[C@@H]1C(=O)N1CCN(CC(F)(F)F)CC1. The number of carbonyl (C=O) groups excluding carboxylic acids is 1. The quantitative estimate of drug-likeness (QED) is 0.783. The molecule has 1 N–H and O–H groups in total. The van der Waals surface area contributed by atoms with Gasteiger partial charge in [0.15, 0.2) is 0 Å². The van der Waals surface area contributed by atoms with E-state index < -0.39 is 18.8 Å². The van der Waals surface area contributed by atoms with Gasteiger partial charge in [-0.1, -0.05) is 0 Å². The smallest absolute Gasteiger partial charge is 0.375 e. The van der Waals surface area contributed by atoms with Gasteiger partial charge in [0.2, 0.25) is 5.91 Å². The number of amides is 1. The Bertz CT molecular complexity index is 343. The van der Waals surface area contributed by atoms with Crippen LogP contribution in [0.5, 0.6) is 0 Å². The molecule has 0 bridgehead atoms. The molecule has 0 radical (unpaired) electrons. The number of hydrogen-bond acceptors (Lipinski definition) is 4. The lowest BCUT2D eigenvalue weighted by atomic mass is 10.1. The lowest BCUT2D eigenvalue weighted by molar-refractivity contribution is -0.153. The summed E-state index contributed by atoms with van der Waals surface area (Å²) in [5.74, 6) is -0.0798. The van der Waals surface area contributed by atoms with Gasteiger partial charge in [-0.3, -0.25) is 9.69 Å². The first-order valence-corrected chi connectivity index (χ1v) is 6.80. The Kier molecular flexibility index (Phi) is 4.87. The largest absolute Gasteiger partial charge is 0.401 e. The Morgan fingerprint density at radius 3 is 2.50 bits per heavy atom. The fourth-order valence-electron chi connectivity index (χ4n) is 2.59. The van der Waals surface area contributed by atoms with E-state index in [1.165, 1.54) is 4.90 Å². The van der Waals surface area contributed by atoms with Crippen LogP contribution in [0.25, 0.3) is 0 Å². The first kappa shape index (κ1) is 15.5. The van der Waals surface area contributed by atoms with Crippen molar-refractivity contribution in [3.05, 3.63) is 0 Å². The third-order valence-electron chi connectivity index (χ3n) is 3.67. The number of halogens is 3. The van der Waals surface area contributed by atoms with Crippen molar-refractivity contribution in [1.82, 2.24) is 15.1 Å². The summed E-state index contributed by atoms with van der Waals surface area (Å²) in [4.78, 5) is 15.3. The zero-order chi connectivity index (χ0) is 14.8. The number of morpholine rings is 1. The van der Waals surface area contributed by atoms with Gasteiger partial charge in [0.1, 0.15) is 6.04 Å². The summed E-state index contributed by atoms with van der Waals surface area (Å²) < 4.78 is 42.3. The molecule has 0 unspecified atom stereocenters. The van der Waals surface area contributed by atoms with E-state index in [-0.39, 0.29) is 25.1 Å². The van der Waals surface area contributed by atoms with Crippen LogP contribution in [0.1, 0.15) is 6.92 Å². The average molecular weight is 295 g/mol. The zero-order valence-corrected chi connectivity index (χ0v) is 11.4. The van der Waals surface area contributed by atoms with Gasteiger partial charge in [0.05, 0.1) is 19.3 Å². The molecule has 5 nitrogen and oxygen atoms in total. The molecule has 0 spiro atoms. The highest BCUT2D eigenvalue weighted by Gasteiger charge is 2.36. The van der Waals surface area contributed by atoms with Crippen molar-refractivity contribution in [1.29, 1.82) is 0 Å². The van der Waals surface area contributed by atoms with Gasteiger partial charge in [-0.05, 0) is 6.92 Å². The summed E-state index contributed by atoms with van der Waals surface area (Å²) in [6.07, 6.45) is -4.39. The van der Waals surface area contributed by atoms with E-state index in [0.717, 1.165) is 0 Å². The number of ether oxygens (including phenoxy) is 1. The van der Waals surface area contributed by atoms with Crippen molar-refractivity contribution >= 4 is 5.91 Å². The second kappa shape index (κ2) is 6.28. The van der Waals surface area contributed by atoms with E-state index in [9.17, 15) is 18.0 Å². The maximum Gasteiger partial charge on any atom is 0.401 e. The van der Waals surface area contributed by atoms with Crippen molar-refractivity contribution in [2.75, 3.05) is 45.9 Å². The van der Waals surface area contributed by atoms with E-state index in [1.54, 1.807) is 4.90 Å². The second-order valence-corrected chi connectivity index (χ2v) is 5.22.